The summed E-state index contributed by atoms with van der Waals surface area (Å²) in [5.41, 5.74) is 28.3. The molecule has 3 aliphatic carbocycles. The van der Waals surface area contributed by atoms with E-state index in [-0.39, 0.29) is 16.2 Å². The van der Waals surface area contributed by atoms with Gasteiger partial charge in [-0.15, -0.1) is 0 Å². The molecule has 0 atom stereocenters. The van der Waals surface area contributed by atoms with Crippen molar-refractivity contribution in [3.05, 3.63) is 220 Å². The van der Waals surface area contributed by atoms with Gasteiger partial charge in [0.05, 0.1) is 0 Å². The summed E-state index contributed by atoms with van der Waals surface area (Å²) in [6.07, 6.45) is 0. The Morgan fingerprint density at radius 2 is 0.840 bits per heavy atom. The van der Waals surface area contributed by atoms with Crippen molar-refractivity contribution >= 4 is 82.9 Å². The first-order chi connectivity index (χ1) is 36.3. The normalized spacial score (nSPS) is 15.3. The van der Waals surface area contributed by atoms with Crippen molar-refractivity contribution in [2.24, 2.45) is 0 Å². The molecule has 0 radical (unpaired) electrons. The first-order valence-electron chi connectivity index (χ1n) is 26.5. The van der Waals surface area contributed by atoms with Gasteiger partial charge in [-0.1, -0.05) is 156 Å². The minimum absolute atomic E-state index is 0.247. The van der Waals surface area contributed by atoms with Crippen molar-refractivity contribution in [1.29, 1.82) is 0 Å². The van der Waals surface area contributed by atoms with Crippen LogP contribution >= 0.6 is 0 Å². The highest BCUT2D eigenvalue weighted by Crippen LogP contribution is 2.64. The maximum atomic E-state index is 7.02. The van der Waals surface area contributed by atoms with E-state index in [0.29, 0.717) is 0 Å². The van der Waals surface area contributed by atoms with E-state index in [1.807, 2.05) is 6.07 Å². The van der Waals surface area contributed by atoms with Crippen molar-refractivity contribution in [2.45, 2.75) is 71.6 Å². The van der Waals surface area contributed by atoms with E-state index in [9.17, 15) is 0 Å². The predicted molar refractivity (Wildman–Crippen MR) is 311 cm³/mol. The highest BCUT2D eigenvalue weighted by atomic mass is 16.3. The summed E-state index contributed by atoms with van der Waals surface area (Å²) in [4.78, 5) is 2.48. The zero-order valence-corrected chi connectivity index (χ0v) is 43.4. The van der Waals surface area contributed by atoms with Crippen LogP contribution in [0.2, 0.25) is 0 Å². The van der Waals surface area contributed by atoms with Gasteiger partial charge in [0.25, 0.3) is 0 Å². The summed E-state index contributed by atoms with van der Waals surface area (Å²) in [6, 6.07) is 64.9. The smallest absolute Gasteiger partial charge is 0.144 e. The van der Waals surface area contributed by atoms with Gasteiger partial charge >= 0.3 is 0 Å². The Balaban J connectivity index is 0.937. The van der Waals surface area contributed by atoms with Crippen LogP contribution in [0.1, 0.15) is 86.1 Å². The minimum atomic E-state index is -0.360. The average Bonchev–Trinajstić information content (AvgIpc) is 4.27. The molecule has 3 heterocycles. The molecule has 3 aromatic heterocycles. The zero-order valence-electron chi connectivity index (χ0n) is 43.4. The maximum absolute atomic E-state index is 7.02. The van der Waals surface area contributed by atoms with Gasteiger partial charge in [0.2, 0.25) is 0 Å². The molecule has 360 valence electrons. The van der Waals surface area contributed by atoms with Gasteiger partial charge in [0, 0.05) is 76.8 Å². The molecule has 0 aliphatic heterocycles. The van der Waals surface area contributed by atoms with E-state index in [1.165, 1.54) is 94.2 Å². The molecule has 16 rings (SSSR count). The number of furan rings is 3. The third kappa shape index (κ3) is 5.46. The van der Waals surface area contributed by atoms with Crippen LogP contribution in [-0.4, -0.2) is 0 Å². The number of aryl methyl sites for hydroxylation is 2. The fourth-order valence-electron chi connectivity index (χ4n) is 14.5. The third-order valence-corrected chi connectivity index (χ3v) is 18.0. The molecule has 0 amide bonds. The molecule has 4 nitrogen and oxygen atoms in total. The van der Waals surface area contributed by atoms with Crippen LogP contribution in [-0.2, 0) is 16.2 Å². The van der Waals surface area contributed by atoms with Crippen molar-refractivity contribution in [2.75, 3.05) is 4.90 Å². The standard InChI is InChI=1S/C71H53NO3/c1-38-25-29-43(39(2)33-38)51-37-55-60(62-48-19-11-15-23-57(48)74-67(51)62)46-30-26-41(35-53(46)69(55,3)4)72(40-28-32-59-50(34-40)44-17-10-14-22-56(44)73-59)42-27-31-47-54(36-42)71(7,8)65-61(47)63-49-20-12-16-24-58(49)75-68(63)64-45-18-9-13-21-52(45)70(5,6)66(64)65/h9-37H,1-8H3. The lowest BCUT2D eigenvalue weighted by molar-refractivity contribution is 0.600. The highest BCUT2D eigenvalue weighted by molar-refractivity contribution is 6.22. The lowest BCUT2D eigenvalue weighted by Gasteiger charge is -2.32. The van der Waals surface area contributed by atoms with Crippen LogP contribution in [0.5, 0.6) is 0 Å². The quantitative estimate of drug-likeness (QED) is 0.176. The monoisotopic (exact) mass is 967 g/mol. The van der Waals surface area contributed by atoms with Gasteiger partial charge in [-0.2, -0.15) is 0 Å². The molecule has 0 bridgehead atoms. The Labute approximate surface area is 435 Å². The second kappa shape index (κ2) is 14.4. The topological polar surface area (TPSA) is 42.7 Å². The summed E-state index contributed by atoms with van der Waals surface area (Å²) in [6.45, 7) is 18.9. The van der Waals surface area contributed by atoms with Gasteiger partial charge in [-0.25, -0.2) is 0 Å². The number of nitrogens with zero attached hydrogens (tertiary/aromatic N) is 1. The summed E-state index contributed by atoms with van der Waals surface area (Å²) in [5.74, 6) is 0. The Hall–Kier alpha value is -8.60. The molecule has 3 aliphatic rings. The minimum Gasteiger partial charge on any atom is -0.456 e. The van der Waals surface area contributed by atoms with Crippen LogP contribution in [0, 0.1) is 13.8 Å². The number of para-hydroxylation sites is 3. The predicted octanol–water partition coefficient (Wildman–Crippen LogP) is 20.1. The fraction of sp³-hybridized carbons (Fsp3) is 0.155. The Morgan fingerprint density at radius 3 is 1.55 bits per heavy atom. The first kappa shape index (κ1) is 42.9. The molecule has 0 saturated carbocycles. The fourth-order valence-corrected chi connectivity index (χ4v) is 14.5. The lowest BCUT2D eigenvalue weighted by Crippen LogP contribution is -2.24. The van der Waals surface area contributed by atoms with E-state index in [4.69, 9.17) is 13.3 Å². The molecule has 13 aromatic rings. The number of benzene rings is 10. The van der Waals surface area contributed by atoms with Crippen LogP contribution in [0.4, 0.5) is 17.1 Å². The number of hydrogen-bond acceptors (Lipinski definition) is 4. The highest BCUT2D eigenvalue weighted by Gasteiger charge is 2.49. The molecule has 0 unspecified atom stereocenters. The summed E-state index contributed by atoms with van der Waals surface area (Å²) in [7, 11) is 0. The van der Waals surface area contributed by atoms with E-state index in [1.54, 1.807) is 0 Å². The Morgan fingerprint density at radius 1 is 0.333 bits per heavy atom. The second-order valence-corrected chi connectivity index (χ2v) is 23.3. The maximum Gasteiger partial charge on any atom is 0.144 e. The first-order valence-corrected chi connectivity index (χ1v) is 26.5. The van der Waals surface area contributed by atoms with Crippen LogP contribution in [0.15, 0.2) is 189 Å². The number of rotatable bonds is 4. The number of hydrogen-bond donors (Lipinski definition) is 0. The molecule has 4 heteroatoms. The molecule has 0 N–H and O–H groups in total. The van der Waals surface area contributed by atoms with Gasteiger partial charge in [-0.05, 0) is 153 Å². The van der Waals surface area contributed by atoms with E-state index in [2.05, 4.69) is 230 Å². The van der Waals surface area contributed by atoms with E-state index >= 15 is 0 Å². The van der Waals surface area contributed by atoms with Crippen LogP contribution in [0.25, 0.3) is 110 Å². The van der Waals surface area contributed by atoms with Gasteiger partial charge in [0.15, 0.2) is 0 Å². The van der Waals surface area contributed by atoms with Crippen molar-refractivity contribution < 1.29 is 13.3 Å². The third-order valence-electron chi connectivity index (χ3n) is 18.0. The van der Waals surface area contributed by atoms with Gasteiger partial charge in [-0.3, -0.25) is 0 Å². The van der Waals surface area contributed by atoms with Gasteiger partial charge < -0.3 is 18.2 Å². The molecular weight excluding hydrogens is 915 g/mol. The van der Waals surface area contributed by atoms with Gasteiger partial charge in [0.1, 0.15) is 33.5 Å². The largest absolute Gasteiger partial charge is 0.456 e. The molecule has 0 spiro atoms. The SMILES string of the molecule is Cc1ccc(-c2cc3c(c4c2oc2ccccc24)-c2ccc(N(c4ccc5c(c4)C(C)(C)c4c6c(c7oc8ccccc8c7c4-5)-c4ccccc4C6(C)C)c4ccc5oc6ccccc6c5c4)cc2C3(C)C)c(C)c1. The van der Waals surface area contributed by atoms with E-state index < -0.39 is 0 Å². The van der Waals surface area contributed by atoms with Crippen molar-refractivity contribution in [3.63, 3.8) is 0 Å². The Kier molecular flexibility index (Phi) is 8.21. The molecular formula is C71H53NO3. The average molecular weight is 968 g/mol. The van der Waals surface area contributed by atoms with Crippen molar-refractivity contribution in [1.82, 2.24) is 0 Å². The molecule has 0 fully saturated rings. The Bertz CT molecular complexity index is 4720. The van der Waals surface area contributed by atoms with Crippen LogP contribution < -0.4 is 4.90 Å². The lowest BCUT2D eigenvalue weighted by atomic mass is 9.72. The van der Waals surface area contributed by atoms with Crippen LogP contribution in [0.3, 0.4) is 0 Å². The molecule has 0 saturated heterocycles. The second-order valence-electron chi connectivity index (χ2n) is 23.3. The summed E-state index contributed by atoms with van der Waals surface area (Å²) >= 11 is 0. The van der Waals surface area contributed by atoms with E-state index in [0.717, 1.165) is 77.7 Å². The summed E-state index contributed by atoms with van der Waals surface area (Å²) in [5, 5.41) is 6.90. The number of fused-ring (bicyclic) bond motifs is 22. The van der Waals surface area contributed by atoms with Crippen molar-refractivity contribution in [3.8, 4) is 44.5 Å². The summed E-state index contributed by atoms with van der Waals surface area (Å²) < 4.78 is 20.4. The molecule has 10 aromatic carbocycles. The molecule has 75 heavy (non-hydrogen) atoms. The zero-order chi connectivity index (χ0) is 50.6. The number of anilines is 3.